The normalized spacial score (nSPS) is 39.5. The smallest absolute Gasteiger partial charge is 0.309 e. The zero-order chi connectivity index (χ0) is 19.9. The highest BCUT2D eigenvalue weighted by Gasteiger charge is 2.37. The van der Waals surface area contributed by atoms with Gasteiger partial charge in [0.15, 0.2) is 0 Å². The largest absolute Gasteiger partial charge is 0.459 e. The van der Waals surface area contributed by atoms with Gasteiger partial charge in [-0.15, -0.1) is 0 Å². The fourth-order valence-electron chi connectivity index (χ4n) is 6.40. The van der Waals surface area contributed by atoms with Crippen molar-refractivity contribution >= 4 is 5.97 Å². The van der Waals surface area contributed by atoms with Crippen molar-refractivity contribution in [2.24, 2.45) is 29.6 Å². The third-order valence-corrected chi connectivity index (χ3v) is 8.15. The first-order valence-corrected chi connectivity index (χ1v) is 12.4. The number of carbonyl (C=O) groups excluding carboxylic acids is 1. The summed E-state index contributed by atoms with van der Waals surface area (Å²) in [6, 6.07) is 0. The third kappa shape index (κ3) is 5.95. The molecule has 28 heavy (non-hydrogen) atoms. The van der Waals surface area contributed by atoms with Crippen LogP contribution in [0.25, 0.3) is 0 Å². The van der Waals surface area contributed by atoms with Gasteiger partial charge in [-0.05, 0) is 81.5 Å². The molecule has 0 spiro atoms. The molecule has 0 bridgehead atoms. The second-order valence-corrected chi connectivity index (χ2v) is 10.1. The van der Waals surface area contributed by atoms with Gasteiger partial charge in [0, 0.05) is 0 Å². The Kier molecular flexibility index (Phi) is 8.66. The van der Waals surface area contributed by atoms with Gasteiger partial charge in [0.1, 0.15) is 12.3 Å². The lowest BCUT2D eigenvalue weighted by atomic mass is 9.69. The second-order valence-electron chi connectivity index (χ2n) is 10.1. The van der Waals surface area contributed by atoms with Crippen molar-refractivity contribution in [1.29, 1.82) is 0 Å². The SMILES string of the molecule is CCCC1CCC(C2CCC(C(=O)OC3CCC(CCC)CC3F)CC2)CC1. The van der Waals surface area contributed by atoms with Gasteiger partial charge >= 0.3 is 5.97 Å². The maximum absolute atomic E-state index is 14.5. The Bertz CT molecular complexity index is 463. The molecule has 3 aliphatic rings. The molecule has 0 aliphatic heterocycles. The van der Waals surface area contributed by atoms with E-state index in [4.69, 9.17) is 4.74 Å². The lowest BCUT2D eigenvalue weighted by Gasteiger charge is -2.38. The van der Waals surface area contributed by atoms with Crippen molar-refractivity contribution in [2.75, 3.05) is 0 Å². The summed E-state index contributed by atoms with van der Waals surface area (Å²) in [5.41, 5.74) is 0. The van der Waals surface area contributed by atoms with Gasteiger partial charge in [0.2, 0.25) is 0 Å². The summed E-state index contributed by atoms with van der Waals surface area (Å²) >= 11 is 0. The van der Waals surface area contributed by atoms with E-state index in [1.807, 2.05) is 0 Å². The molecule has 0 heterocycles. The zero-order valence-electron chi connectivity index (χ0n) is 18.3. The summed E-state index contributed by atoms with van der Waals surface area (Å²) in [6.45, 7) is 4.46. The minimum absolute atomic E-state index is 0.0215. The molecule has 0 aromatic rings. The van der Waals surface area contributed by atoms with Crippen LogP contribution in [0.3, 0.4) is 0 Å². The average Bonchev–Trinajstić information content (AvgIpc) is 2.71. The van der Waals surface area contributed by atoms with Gasteiger partial charge in [-0.2, -0.15) is 0 Å². The van der Waals surface area contributed by atoms with Crippen LogP contribution in [0.1, 0.15) is 110 Å². The van der Waals surface area contributed by atoms with Crippen molar-refractivity contribution in [3.05, 3.63) is 0 Å². The quantitative estimate of drug-likeness (QED) is 0.425. The van der Waals surface area contributed by atoms with Gasteiger partial charge in [-0.1, -0.05) is 52.4 Å². The summed E-state index contributed by atoms with van der Waals surface area (Å²) in [4.78, 5) is 12.6. The standard InChI is InChI=1S/C25H43FO2/c1-3-5-18-7-10-20(11-8-18)21-12-14-22(15-13-21)25(27)28-24-16-9-19(6-4-2)17-23(24)26/h18-24H,3-17H2,1-2H3. The Morgan fingerprint density at radius 2 is 1.32 bits per heavy atom. The summed E-state index contributed by atoms with van der Waals surface area (Å²) in [7, 11) is 0. The lowest BCUT2D eigenvalue weighted by molar-refractivity contribution is -0.162. The maximum atomic E-state index is 14.5. The molecule has 0 saturated heterocycles. The molecule has 0 radical (unpaired) electrons. The van der Waals surface area contributed by atoms with E-state index in [0.29, 0.717) is 18.8 Å². The summed E-state index contributed by atoms with van der Waals surface area (Å²) in [5.74, 6) is 3.06. The number of hydrogen-bond acceptors (Lipinski definition) is 2. The fraction of sp³-hybridized carbons (Fsp3) is 0.960. The monoisotopic (exact) mass is 394 g/mol. The first kappa shape index (κ1) is 22.1. The molecule has 0 aromatic heterocycles. The predicted molar refractivity (Wildman–Crippen MR) is 113 cm³/mol. The minimum atomic E-state index is -0.955. The maximum Gasteiger partial charge on any atom is 0.309 e. The van der Waals surface area contributed by atoms with Gasteiger partial charge in [0.05, 0.1) is 5.92 Å². The minimum Gasteiger partial charge on any atom is -0.459 e. The van der Waals surface area contributed by atoms with Gasteiger partial charge in [-0.3, -0.25) is 4.79 Å². The molecule has 162 valence electrons. The van der Waals surface area contributed by atoms with Crippen molar-refractivity contribution < 1.29 is 13.9 Å². The number of carbonyl (C=O) groups is 1. The van der Waals surface area contributed by atoms with Crippen LogP contribution in [-0.4, -0.2) is 18.2 Å². The predicted octanol–water partition coefficient (Wildman–Crippen LogP) is 7.25. The number of hydrogen-bond donors (Lipinski definition) is 0. The fourth-order valence-corrected chi connectivity index (χ4v) is 6.40. The number of esters is 1. The molecule has 3 unspecified atom stereocenters. The zero-order valence-corrected chi connectivity index (χ0v) is 18.3. The van der Waals surface area contributed by atoms with E-state index in [1.54, 1.807) is 0 Å². The van der Waals surface area contributed by atoms with Crippen LogP contribution in [-0.2, 0) is 9.53 Å². The van der Waals surface area contributed by atoms with Gasteiger partial charge in [0.25, 0.3) is 0 Å². The van der Waals surface area contributed by atoms with Crippen LogP contribution >= 0.6 is 0 Å². The van der Waals surface area contributed by atoms with Crippen LogP contribution in [0.5, 0.6) is 0 Å². The van der Waals surface area contributed by atoms with Crippen LogP contribution < -0.4 is 0 Å². The van der Waals surface area contributed by atoms with E-state index in [9.17, 15) is 9.18 Å². The Morgan fingerprint density at radius 3 is 1.89 bits per heavy atom. The molecule has 3 atom stereocenters. The van der Waals surface area contributed by atoms with E-state index >= 15 is 0 Å². The highest BCUT2D eigenvalue weighted by molar-refractivity contribution is 5.72. The Morgan fingerprint density at radius 1 is 0.786 bits per heavy atom. The average molecular weight is 395 g/mol. The van der Waals surface area contributed by atoms with Crippen LogP contribution in [0.15, 0.2) is 0 Å². The second kappa shape index (κ2) is 11.0. The molecule has 0 N–H and O–H groups in total. The highest BCUT2D eigenvalue weighted by atomic mass is 19.1. The molecular formula is C25H43FO2. The molecule has 0 amide bonds. The van der Waals surface area contributed by atoms with Crippen molar-refractivity contribution in [1.82, 2.24) is 0 Å². The van der Waals surface area contributed by atoms with E-state index < -0.39 is 12.3 Å². The van der Waals surface area contributed by atoms with Crippen molar-refractivity contribution in [3.8, 4) is 0 Å². The summed E-state index contributed by atoms with van der Waals surface area (Å²) < 4.78 is 20.1. The van der Waals surface area contributed by atoms with Crippen LogP contribution in [0.4, 0.5) is 4.39 Å². The van der Waals surface area contributed by atoms with E-state index in [2.05, 4.69) is 13.8 Å². The van der Waals surface area contributed by atoms with E-state index in [1.165, 1.54) is 51.4 Å². The number of ether oxygens (including phenoxy) is 1. The summed E-state index contributed by atoms with van der Waals surface area (Å²) in [5, 5.41) is 0. The molecule has 3 heteroatoms. The number of alkyl halides is 1. The molecule has 2 nitrogen and oxygen atoms in total. The van der Waals surface area contributed by atoms with E-state index in [-0.39, 0.29) is 11.9 Å². The Labute approximate surface area is 172 Å². The third-order valence-electron chi connectivity index (χ3n) is 8.15. The highest BCUT2D eigenvalue weighted by Crippen LogP contribution is 2.42. The van der Waals surface area contributed by atoms with Gasteiger partial charge in [-0.25, -0.2) is 4.39 Å². The van der Waals surface area contributed by atoms with Gasteiger partial charge < -0.3 is 4.74 Å². The van der Waals surface area contributed by atoms with Crippen molar-refractivity contribution in [3.63, 3.8) is 0 Å². The van der Waals surface area contributed by atoms with Crippen LogP contribution in [0, 0.1) is 29.6 Å². The number of rotatable bonds is 7. The molecule has 0 aromatic carbocycles. The van der Waals surface area contributed by atoms with Crippen molar-refractivity contribution in [2.45, 2.75) is 122 Å². The first-order chi connectivity index (χ1) is 13.6. The molecule has 3 fully saturated rings. The topological polar surface area (TPSA) is 26.3 Å². The van der Waals surface area contributed by atoms with E-state index in [0.717, 1.165) is 49.9 Å². The number of halogens is 1. The molecule has 3 saturated carbocycles. The lowest BCUT2D eigenvalue weighted by Crippen LogP contribution is -2.37. The summed E-state index contributed by atoms with van der Waals surface area (Å²) in [6.07, 6.45) is 15.7. The first-order valence-electron chi connectivity index (χ1n) is 12.4. The Hall–Kier alpha value is -0.600. The van der Waals surface area contributed by atoms with Crippen LogP contribution in [0.2, 0.25) is 0 Å². The molecule has 3 aliphatic carbocycles. The Balaban J connectivity index is 1.37. The molecular weight excluding hydrogens is 351 g/mol. The molecule has 3 rings (SSSR count).